The monoisotopic (exact) mass is 989 g/mol. The van der Waals surface area contributed by atoms with Crippen molar-refractivity contribution in [3.8, 4) is 0 Å². The van der Waals surface area contributed by atoms with Gasteiger partial charge in [-0.05, 0) is 32.1 Å². The highest BCUT2D eigenvalue weighted by molar-refractivity contribution is 5.69. The molecule has 2 aliphatic rings. The van der Waals surface area contributed by atoms with Gasteiger partial charge in [0.05, 0.1) is 26.4 Å². The number of carbonyl (C=O) groups excluding carboxylic acids is 1. The molecule has 11 unspecified atom stereocenters. The molecule has 0 aromatic rings. The van der Waals surface area contributed by atoms with Gasteiger partial charge < -0.3 is 64.2 Å². The van der Waals surface area contributed by atoms with Crippen LogP contribution in [0, 0.1) is 0 Å². The maximum Gasteiger partial charge on any atom is 0.306 e. The lowest BCUT2D eigenvalue weighted by Crippen LogP contribution is -2.61. The quantitative estimate of drug-likeness (QED) is 0.0172. The third-order valence-corrected chi connectivity index (χ3v) is 13.8. The van der Waals surface area contributed by atoms with Crippen LogP contribution in [0.25, 0.3) is 0 Å². The second-order valence-corrected chi connectivity index (χ2v) is 20.1. The van der Waals surface area contributed by atoms with Crippen LogP contribution in [0.1, 0.15) is 232 Å². The molecule has 0 radical (unpaired) electrons. The van der Waals surface area contributed by atoms with Crippen molar-refractivity contribution in [1.82, 2.24) is 0 Å². The van der Waals surface area contributed by atoms with E-state index < -0.39 is 80.7 Å². The first-order chi connectivity index (χ1) is 33.6. The van der Waals surface area contributed by atoms with E-state index in [2.05, 4.69) is 26.0 Å². The summed E-state index contributed by atoms with van der Waals surface area (Å²) in [7, 11) is 0. The van der Waals surface area contributed by atoms with Crippen LogP contribution in [0.4, 0.5) is 0 Å². The molecule has 0 spiro atoms. The molecule has 7 N–H and O–H groups in total. The zero-order valence-electron chi connectivity index (χ0n) is 43.6. The topological polar surface area (TPSA) is 214 Å². The van der Waals surface area contributed by atoms with Crippen molar-refractivity contribution in [2.45, 2.75) is 300 Å². The fourth-order valence-electron chi connectivity index (χ4n) is 9.17. The van der Waals surface area contributed by atoms with Gasteiger partial charge in [0.1, 0.15) is 54.9 Å². The van der Waals surface area contributed by atoms with E-state index in [1.54, 1.807) is 0 Å². The van der Waals surface area contributed by atoms with E-state index in [1.807, 2.05) is 0 Å². The van der Waals surface area contributed by atoms with E-state index >= 15 is 0 Å². The number of aliphatic hydroxyl groups is 7. The van der Waals surface area contributed by atoms with Crippen molar-refractivity contribution in [3.05, 3.63) is 12.2 Å². The zero-order valence-corrected chi connectivity index (χ0v) is 43.6. The molecule has 69 heavy (non-hydrogen) atoms. The average molecular weight is 989 g/mol. The first-order valence-corrected chi connectivity index (χ1v) is 28.3. The minimum absolute atomic E-state index is 0.0624. The molecule has 11 atom stereocenters. The highest BCUT2D eigenvalue weighted by atomic mass is 16.7. The van der Waals surface area contributed by atoms with Gasteiger partial charge in [0, 0.05) is 13.0 Å². The van der Waals surface area contributed by atoms with E-state index in [-0.39, 0.29) is 25.6 Å². The van der Waals surface area contributed by atoms with Crippen molar-refractivity contribution < 1.29 is 69.0 Å². The second-order valence-electron chi connectivity index (χ2n) is 20.1. The highest BCUT2D eigenvalue weighted by Gasteiger charge is 2.47. The van der Waals surface area contributed by atoms with E-state index in [0.29, 0.717) is 13.0 Å². The van der Waals surface area contributed by atoms with Gasteiger partial charge in [-0.1, -0.05) is 206 Å². The largest absolute Gasteiger partial charge is 0.457 e. The molecule has 0 aliphatic carbocycles. The summed E-state index contributed by atoms with van der Waals surface area (Å²) in [4.78, 5) is 13.0. The number of ether oxygens (including phenoxy) is 6. The first-order valence-electron chi connectivity index (χ1n) is 28.3. The Labute approximate surface area is 418 Å². The standard InChI is InChI=1S/C55H104O14/c1-3-5-7-9-11-13-15-16-17-18-19-20-21-22-23-24-25-26-27-28-30-32-34-36-38-47(57)67-44(41-64-39-37-35-33-31-29-14-12-10-8-6-4-2)42-65-54-53(63)51(61)49(59)46(69-54)43-66-55-52(62)50(60)48(58)45(40-56)68-55/h8,10,44-46,48-56,58-63H,3-7,9,11-43H2,1-2H3/b10-8-. The van der Waals surface area contributed by atoms with Gasteiger partial charge in [-0.3, -0.25) is 4.79 Å². The molecule has 2 aliphatic heterocycles. The van der Waals surface area contributed by atoms with Crippen LogP contribution < -0.4 is 0 Å². The molecule has 14 heteroatoms. The van der Waals surface area contributed by atoms with Gasteiger partial charge in [0.25, 0.3) is 0 Å². The number of hydrogen-bond acceptors (Lipinski definition) is 14. The number of carbonyl (C=O) groups is 1. The predicted octanol–water partition coefficient (Wildman–Crippen LogP) is 9.41. The normalized spacial score (nSPS) is 25.7. The molecule has 408 valence electrons. The number of rotatable bonds is 46. The molecule has 2 saturated heterocycles. The number of aliphatic hydroxyl groups excluding tert-OH is 7. The van der Waals surface area contributed by atoms with Crippen LogP contribution in [0.2, 0.25) is 0 Å². The summed E-state index contributed by atoms with van der Waals surface area (Å²) < 4.78 is 34.3. The number of unbranched alkanes of at least 4 members (excludes halogenated alkanes) is 30. The molecule has 2 rings (SSSR count). The van der Waals surface area contributed by atoms with Crippen molar-refractivity contribution in [2.75, 3.05) is 33.0 Å². The Bertz CT molecular complexity index is 1190. The third kappa shape index (κ3) is 30.5. The molecule has 0 amide bonds. The summed E-state index contributed by atoms with van der Waals surface area (Å²) >= 11 is 0. The lowest BCUT2D eigenvalue weighted by atomic mass is 9.98. The Kier molecular flexibility index (Phi) is 39.9. The van der Waals surface area contributed by atoms with E-state index in [4.69, 9.17) is 28.4 Å². The van der Waals surface area contributed by atoms with Crippen molar-refractivity contribution in [1.29, 1.82) is 0 Å². The molecule has 0 bridgehead atoms. The second kappa shape index (κ2) is 43.2. The van der Waals surface area contributed by atoms with Crippen molar-refractivity contribution >= 4 is 5.97 Å². The average Bonchev–Trinajstić information content (AvgIpc) is 3.35. The third-order valence-electron chi connectivity index (χ3n) is 13.8. The van der Waals surface area contributed by atoms with Gasteiger partial charge in [-0.2, -0.15) is 0 Å². The van der Waals surface area contributed by atoms with Crippen LogP contribution in [0.3, 0.4) is 0 Å². The fraction of sp³-hybridized carbons (Fsp3) is 0.945. The molecule has 2 heterocycles. The van der Waals surface area contributed by atoms with E-state index in [9.17, 15) is 40.5 Å². The van der Waals surface area contributed by atoms with Crippen molar-refractivity contribution in [3.63, 3.8) is 0 Å². The maximum atomic E-state index is 13.0. The minimum Gasteiger partial charge on any atom is -0.457 e. The predicted molar refractivity (Wildman–Crippen MR) is 271 cm³/mol. The number of esters is 1. The van der Waals surface area contributed by atoms with Crippen LogP contribution in [-0.4, -0.2) is 142 Å². The molecule has 0 aromatic heterocycles. The van der Waals surface area contributed by atoms with Gasteiger partial charge in [0.2, 0.25) is 0 Å². The summed E-state index contributed by atoms with van der Waals surface area (Å²) in [6, 6.07) is 0. The van der Waals surface area contributed by atoms with Crippen LogP contribution in [0.5, 0.6) is 0 Å². The van der Waals surface area contributed by atoms with Crippen LogP contribution >= 0.6 is 0 Å². The Balaban J connectivity index is 1.67. The summed E-state index contributed by atoms with van der Waals surface area (Å²) in [5.41, 5.74) is 0. The maximum absolute atomic E-state index is 13.0. The smallest absolute Gasteiger partial charge is 0.306 e. The molecule has 0 saturated carbocycles. The minimum atomic E-state index is -1.70. The summed E-state index contributed by atoms with van der Waals surface area (Å²) in [5, 5.41) is 72.2. The van der Waals surface area contributed by atoms with Crippen LogP contribution in [-0.2, 0) is 33.2 Å². The summed E-state index contributed by atoms with van der Waals surface area (Å²) in [6.45, 7) is 3.66. The molecule has 14 nitrogen and oxygen atoms in total. The Morgan fingerprint density at radius 1 is 0.464 bits per heavy atom. The lowest BCUT2D eigenvalue weighted by molar-refractivity contribution is -0.332. The Morgan fingerprint density at radius 3 is 1.38 bits per heavy atom. The summed E-state index contributed by atoms with van der Waals surface area (Å²) in [6.07, 6.45) is 30.1. The van der Waals surface area contributed by atoms with E-state index in [0.717, 1.165) is 51.4 Å². The molecule has 0 aromatic carbocycles. The SMILES string of the molecule is CCC/C=C\CCCCCCCCOCC(COC1OC(COC2OC(CO)C(O)C(O)C2O)C(O)C(O)C1O)OC(=O)CCCCCCCCCCCCCCCCCCCCCCCCCC. The van der Waals surface area contributed by atoms with Crippen LogP contribution in [0.15, 0.2) is 12.2 Å². The lowest BCUT2D eigenvalue weighted by Gasteiger charge is -2.42. The Hall–Kier alpha value is -1.27. The van der Waals surface area contributed by atoms with E-state index in [1.165, 1.54) is 154 Å². The van der Waals surface area contributed by atoms with Gasteiger partial charge in [-0.15, -0.1) is 0 Å². The van der Waals surface area contributed by atoms with Gasteiger partial charge in [0.15, 0.2) is 12.6 Å². The fourth-order valence-corrected chi connectivity index (χ4v) is 9.17. The molecule has 2 fully saturated rings. The summed E-state index contributed by atoms with van der Waals surface area (Å²) in [5.74, 6) is -0.373. The van der Waals surface area contributed by atoms with Gasteiger partial charge in [-0.25, -0.2) is 0 Å². The highest BCUT2D eigenvalue weighted by Crippen LogP contribution is 2.27. The molecular weight excluding hydrogens is 885 g/mol. The number of hydrogen-bond donors (Lipinski definition) is 7. The Morgan fingerprint density at radius 2 is 0.884 bits per heavy atom. The van der Waals surface area contributed by atoms with Crippen molar-refractivity contribution in [2.24, 2.45) is 0 Å². The van der Waals surface area contributed by atoms with Gasteiger partial charge >= 0.3 is 5.97 Å². The number of allylic oxidation sites excluding steroid dienone is 2. The first kappa shape index (κ1) is 63.8. The molecular formula is C55H104O14. The zero-order chi connectivity index (χ0) is 50.2.